The van der Waals surface area contributed by atoms with Crippen LogP contribution >= 0.6 is 0 Å². The summed E-state index contributed by atoms with van der Waals surface area (Å²) >= 11 is 0. The summed E-state index contributed by atoms with van der Waals surface area (Å²) in [7, 11) is 0. The standard InChI is InChI=1S/C15H18F3NO3/c1-10(19-14(20)13-7-4-8-21-13)9-22-12-6-3-2-5-11(12)15(16,17)18/h2-3,5-6,10,13H,4,7-9H2,1H3,(H,19,20)/t10-,13+/m0/s1. The topological polar surface area (TPSA) is 47.6 Å². The van der Waals surface area contributed by atoms with Crippen LogP contribution in [-0.4, -0.2) is 31.3 Å². The van der Waals surface area contributed by atoms with Crippen LogP contribution in [0.1, 0.15) is 25.3 Å². The number of halogens is 3. The van der Waals surface area contributed by atoms with E-state index in [9.17, 15) is 18.0 Å². The molecule has 1 heterocycles. The van der Waals surface area contributed by atoms with E-state index < -0.39 is 23.9 Å². The first-order valence-corrected chi connectivity index (χ1v) is 7.09. The molecule has 1 amide bonds. The van der Waals surface area contributed by atoms with Crippen LogP contribution in [-0.2, 0) is 15.7 Å². The van der Waals surface area contributed by atoms with Crippen LogP contribution in [0.2, 0.25) is 0 Å². The first kappa shape index (κ1) is 16.6. The minimum Gasteiger partial charge on any atom is -0.491 e. The highest BCUT2D eigenvalue weighted by Gasteiger charge is 2.34. The van der Waals surface area contributed by atoms with E-state index in [-0.39, 0.29) is 18.3 Å². The smallest absolute Gasteiger partial charge is 0.419 e. The number of hydrogen-bond acceptors (Lipinski definition) is 3. The zero-order valence-corrected chi connectivity index (χ0v) is 12.2. The molecule has 4 nitrogen and oxygen atoms in total. The van der Waals surface area contributed by atoms with Crippen molar-refractivity contribution in [1.29, 1.82) is 0 Å². The summed E-state index contributed by atoms with van der Waals surface area (Å²) in [6, 6.07) is 4.58. The van der Waals surface area contributed by atoms with Gasteiger partial charge < -0.3 is 14.8 Å². The number of rotatable bonds is 5. The SMILES string of the molecule is C[C@@H](COc1ccccc1C(F)(F)F)NC(=O)[C@H]1CCCO1. The first-order chi connectivity index (χ1) is 10.4. The predicted molar refractivity (Wildman–Crippen MR) is 73.5 cm³/mol. The highest BCUT2D eigenvalue weighted by molar-refractivity contribution is 5.81. The lowest BCUT2D eigenvalue weighted by Crippen LogP contribution is -2.42. The highest BCUT2D eigenvalue weighted by Crippen LogP contribution is 2.35. The molecule has 0 aliphatic carbocycles. The number of ether oxygens (including phenoxy) is 2. The molecule has 0 spiro atoms. The average molecular weight is 317 g/mol. The maximum Gasteiger partial charge on any atom is 0.419 e. The Morgan fingerprint density at radius 3 is 2.82 bits per heavy atom. The van der Waals surface area contributed by atoms with Crippen LogP contribution in [0.5, 0.6) is 5.75 Å². The van der Waals surface area contributed by atoms with Crippen molar-refractivity contribution in [3.8, 4) is 5.75 Å². The van der Waals surface area contributed by atoms with Crippen LogP contribution < -0.4 is 10.1 Å². The zero-order chi connectivity index (χ0) is 16.2. The molecule has 1 saturated heterocycles. The molecule has 0 radical (unpaired) electrons. The molecule has 0 bridgehead atoms. The third-order valence-electron chi connectivity index (χ3n) is 3.29. The summed E-state index contributed by atoms with van der Waals surface area (Å²) in [6.07, 6.45) is -3.44. The molecule has 1 aliphatic rings. The summed E-state index contributed by atoms with van der Waals surface area (Å²) in [5.74, 6) is -0.495. The van der Waals surface area contributed by atoms with Crippen molar-refractivity contribution in [1.82, 2.24) is 5.32 Å². The van der Waals surface area contributed by atoms with Gasteiger partial charge in [0.15, 0.2) is 0 Å². The number of hydrogen-bond donors (Lipinski definition) is 1. The second-order valence-electron chi connectivity index (χ2n) is 5.22. The quantitative estimate of drug-likeness (QED) is 0.908. The summed E-state index contributed by atoms with van der Waals surface area (Å²) in [6.45, 7) is 2.18. The molecule has 7 heteroatoms. The molecule has 2 atom stereocenters. The number of alkyl halides is 3. The van der Waals surface area contributed by atoms with Gasteiger partial charge in [-0.1, -0.05) is 12.1 Å². The van der Waals surface area contributed by atoms with Gasteiger partial charge in [-0.2, -0.15) is 13.2 Å². The molecule has 0 unspecified atom stereocenters. The normalized spacial score (nSPS) is 19.7. The number of carbonyl (C=O) groups is 1. The Hall–Kier alpha value is -1.76. The first-order valence-electron chi connectivity index (χ1n) is 7.09. The van der Waals surface area contributed by atoms with E-state index in [1.165, 1.54) is 18.2 Å². The lowest BCUT2D eigenvalue weighted by molar-refractivity contribution is -0.139. The Morgan fingerprint density at radius 2 is 2.18 bits per heavy atom. The lowest BCUT2D eigenvalue weighted by atomic mass is 10.2. The van der Waals surface area contributed by atoms with Gasteiger partial charge in [0.2, 0.25) is 5.91 Å². The zero-order valence-electron chi connectivity index (χ0n) is 12.2. The van der Waals surface area contributed by atoms with Crippen LogP contribution in [0, 0.1) is 0 Å². The van der Waals surface area contributed by atoms with Gasteiger partial charge in [0.25, 0.3) is 0 Å². The van der Waals surface area contributed by atoms with Gasteiger partial charge in [-0.15, -0.1) is 0 Å². The van der Waals surface area contributed by atoms with Crippen LogP contribution in [0.15, 0.2) is 24.3 Å². The summed E-state index contributed by atoms with van der Waals surface area (Å²) in [4.78, 5) is 11.8. The van der Waals surface area contributed by atoms with Crippen molar-refractivity contribution >= 4 is 5.91 Å². The molecular weight excluding hydrogens is 299 g/mol. The predicted octanol–water partition coefficient (Wildman–Crippen LogP) is 2.77. The number of benzene rings is 1. The maximum atomic E-state index is 12.8. The highest BCUT2D eigenvalue weighted by atomic mass is 19.4. The van der Waals surface area contributed by atoms with Crippen LogP contribution in [0.3, 0.4) is 0 Å². The molecule has 1 fully saturated rings. The maximum absolute atomic E-state index is 12.8. The third-order valence-corrected chi connectivity index (χ3v) is 3.29. The molecule has 2 rings (SSSR count). The monoisotopic (exact) mass is 317 g/mol. The molecular formula is C15H18F3NO3. The minimum absolute atomic E-state index is 0.0500. The fourth-order valence-electron chi connectivity index (χ4n) is 2.20. The van der Waals surface area contributed by atoms with Gasteiger partial charge in [-0.25, -0.2) is 0 Å². The Kier molecular flexibility index (Phi) is 5.28. The molecule has 1 aromatic rings. The molecule has 22 heavy (non-hydrogen) atoms. The van der Waals surface area contributed by atoms with Crippen LogP contribution in [0.4, 0.5) is 13.2 Å². The van der Waals surface area contributed by atoms with Gasteiger partial charge in [0, 0.05) is 6.61 Å². The van der Waals surface area contributed by atoms with E-state index in [1.807, 2.05) is 0 Å². The molecule has 0 saturated carbocycles. The largest absolute Gasteiger partial charge is 0.491 e. The lowest BCUT2D eigenvalue weighted by Gasteiger charge is -2.19. The Labute approximate surface area is 126 Å². The van der Waals surface area contributed by atoms with E-state index in [0.717, 1.165) is 12.5 Å². The Morgan fingerprint density at radius 1 is 1.45 bits per heavy atom. The number of nitrogens with one attached hydrogen (secondary N) is 1. The summed E-state index contributed by atoms with van der Waals surface area (Å²) in [5.41, 5.74) is -0.826. The number of para-hydroxylation sites is 1. The van der Waals surface area contributed by atoms with E-state index >= 15 is 0 Å². The van der Waals surface area contributed by atoms with E-state index in [1.54, 1.807) is 6.92 Å². The molecule has 1 aromatic carbocycles. The van der Waals surface area contributed by atoms with Crippen molar-refractivity contribution in [2.45, 2.75) is 38.1 Å². The van der Waals surface area contributed by atoms with Gasteiger partial charge in [0.1, 0.15) is 18.5 Å². The fourth-order valence-corrected chi connectivity index (χ4v) is 2.20. The second-order valence-corrected chi connectivity index (χ2v) is 5.22. The average Bonchev–Trinajstić information content (AvgIpc) is 2.98. The van der Waals surface area contributed by atoms with Gasteiger partial charge in [-0.05, 0) is 31.9 Å². The molecule has 0 aromatic heterocycles. The van der Waals surface area contributed by atoms with Gasteiger partial charge in [0.05, 0.1) is 11.6 Å². The second kappa shape index (κ2) is 7.00. The Bertz CT molecular complexity index is 513. The molecule has 1 N–H and O–H groups in total. The van der Waals surface area contributed by atoms with Crippen molar-refractivity contribution in [2.24, 2.45) is 0 Å². The van der Waals surface area contributed by atoms with Crippen molar-refractivity contribution in [2.75, 3.05) is 13.2 Å². The van der Waals surface area contributed by atoms with Gasteiger partial charge in [-0.3, -0.25) is 4.79 Å². The van der Waals surface area contributed by atoms with Crippen molar-refractivity contribution in [3.05, 3.63) is 29.8 Å². The Balaban J connectivity index is 1.88. The van der Waals surface area contributed by atoms with E-state index in [4.69, 9.17) is 9.47 Å². The van der Waals surface area contributed by atoms with Crippen LogP contribution in [0.25, 0.3) is 0 Å². The number of carbonyl (C=O) groups excluding carboxylic acids is 1. The number of amides is 1. The summed E-state index contributed by atoms with van der Waals surface area (Å²) in [5, 5.41) is 2.68. The third kappa shape index (κ3) is 4.37. The van der Waals surface area contributed by atoms with E-state index in [2.05, 4.69) is 5.32 Å². The molecule has 122 valence electrons. The van der Waals surface area contributed by atoms with Gasteiger partial charge >= 0.3 is 6.18 Å². The van der Waals surface area contributed by atoms with Crippen molar-refractivity contribution < 1.29 is 27.4 Å². The minimum atomic E-state index is -4.47. The van der Waals surface area contributed by atoms with Crippen molar-refractivity contribution in [3.63, 3.8) is 0 Å². The summed E-state index contributed by atoms with van der Waals surface area (Å²) < 4.78 is 48.9. The fraction of sp³-hybridized carbons (Fsp3) is 0.533. The molecule has 1 aliphatic heterocycles. The van der Waals surface area contributed by atoms with E-state index in [0.29, 0.717) is 13.0 Å².